The Morgan fingerprint density at radius 3 is 2.62 bits per heavy atom. The van der Waals surface area contributed by atoms with Crippen LogP contribution in [0.15, 0.2) is 28.9 Å². The Bertz CT molecular complexity index is 1740. The first kappa shape index (κ1) is 33.9. The Morgan fingerprint density at radius 2 is 1.83 bits per heavy atom. The van der Waals surface area contributed by atoms with E-state index in [1.54, 1.807) is 6.26 Å². The number of carbonyl (C=O) groups is 3. The van der Waals surface area contributed by atoms with Crippen molar-refractivity contribution in [2.75, 3.05) is 19.8 Å². The number of furan rings is 1. The quantitative estimate of drug-likeness (QED) is 0.204. The highest BCUT2D eigenvalue weighted by atomic mass is 16.7. The second-order valence-corrected chi connectivity index (χ2v) is 18.6. The van der Waals surface area contributed by atoms with Gasteiger partial charge in [0.1, 0.15) is 30.2 Å². The van der Waals surface area contributed by atoms with Crippen molar-refractivity contribution < 1.29 is 48.0 Å². The van der Waals surface area contributed by atoms with Crippen LogP contribution in [0.5, 0.6) is 0 Å². The van der Waals surface area contributed by atoms with Gasteiger partial charge in [0.05, 0.1) is 36.4 Å². The average molecular weight is 721 g/mol. The van der Waals surface area contributed by atoms with Crippen LogP contribution >= 0.6 is 0 Å². The highest BCUT2D eigenvalue weighted by Crippen LogP contribution is 2.80. The van der Waals surface area contributed by atoms with Crippen LogP contribution in [0.4, 0.5) is 0 Å². The summed E-state index contributed by atoms with van der Waals surface area (Å²) in [6.07, 6.45) is 6.62. The molecule has 5 saturated heterocycles. The second kappa shape index (κ2) is 11.0. The van der Waals surface area contributed by atoms with Crippen molar-refractivity contribution in [2.45, 2.75) is 120 Å². The van der Waals surface area contributed by atoms with Gasteiger partial charge >= 0.3 is 11.9 Å². The van der Waals surface area contributed by atoms with Crippen LogP contribution in [0.2, 0.25) is 0 Å². The number of Topliss-reactive ketones (excluding diaryl/α,β-unsaturated/α-hetero) is 1. The van der Waals surface area contributed by atoms with Crippen molar-refractivity contribution in [3.63, 3.8) is 0 Å². The van der Waals surface area contributed by atoms with Gasteiger partial charge in [-0.15, -0.1) is 0 Å². The molecule has 10 rings (SSSR count). The summed E-state index contributed by atoms with van der Waals surface area (Å²) in [7, 11) is 0. The van der Waals surface area contributed by atoms with Gasteiger partial charge in [-0.3, -0.25) is 14.9 Å². The summed E-state index contributed by atoms with van der Waals surface area (Å²) in [5.74, 6) is -0.474. The zero-order valence-corrected chi connectivity index (χ0v) is 30.5. The maximum atomic E-state index is 14.6. The molecule has 3 saturated carbocycles. The Balaban J connectivity index is 1.00. The lowest BCUT2D eigenvalue weighted by Crippen LogP contribution is -2.76. The van der Waals surface area contributed by atoms with Gasteiger partial charge in [-0.05, 0) is 81.6 Å². The van der Waals surface area contributed by atoms with Gasteiger partial charge in [-0.25, -0.2) is 4.79 Å². The molecular formula is C40H52N2O10. The van der Waals surface area contributed by atoms with Gasteiger partial charge in [0, 0.05) is 47.5 Å². The average Bonchev–Trinajstić information content (AvgIpc) is 3.37. The molecule has 282 valence electrons. The number of carbonyl (C=O) groups excluding carboxylic acids is 3. The fraction of sp³-hybridized carbons (Fsp3) is 0.775. The second-order valence-electron chi connectivity index (χ2n) is 18.6. The molecule has 16 atom stereocenters. The first-order valence-corrected chi connectivity index (χ1v) is 19.6. The number of esters is 2. The molecule has 1 aromatic heterocycles. The smallest absolute Gasteiger partial charge is 0.339 e. The number of aliphatic hydroxyl groups excluding tert-OH is 2. The molecule has 0 bridgehead atoms. The molecule has 2 spiro atoms. The van der Waals surface area contributed by atoms with Gasteiger partial charge in [0.2, 0.25) is 0 Å². The van der Waals surface area contributed by atoms with Crippen molar-refractivity contribution >= 4 is 17.7 Å². The number of fused-ring (bicyclic) bond motifs is 2. The van der Waals surface area contributed by atoms with E-state index in [0.29, 0.717) is 42.9 Å². The molecule has 4 aliphatic carbocycles. The first-order valence-electron chi connectivity index (χ1n) is 19.6. The summed E-state index contributed by atoms with van der Waals surface area (Å²) >= 11 is 0. The third-order valence-electron chi connectivity index (χ3n) is 16.2. The Labute approximate surface area is 303 Å². The number of hydrogen-bond acceptors (Lipinski definition) is 12. The van der Waals surface area contributed by atoms with E-state index in [0.717, 1.165) is 38.0 Å². The standard InChI is InChI=1S/C40H52N2O10/c1-36(2)31-30(45)32(46)38(4)27(39(31)17-49-29(44)15-28(39)51-36)9-11-37(3)33(50-35(47)34-40(37,38)52-34)22-10-12-48-26(22)14-23-21-7-5-20(24-16-41-18-42-24)13-19(21)6-8-25(23)43/h5,7,10,12,19-21,23-25,27-28,31-34,41-43,46H,6,8-9,11,13-18H2,1-4H3. The minimum atomic E-state index is -1.43. The number of cyclic esters (lactones) is 2. The van der Waals surface area contributed by atoms with Crippen molar-refractivity contribution in [2.24, 2.45) is 51.8 Å². The largest absolute Gasteiger partial charge is 0.469 e. The summed E-state index contributed by atoms with van der Waals surface area (Å²) in [6, 6.07) is 2.30. The summed E-state index contributed by atoms with van der Waals surface area (Å²) in [5, 5.41) is 30.7. The summed E-state index contributed by atoms with van der Waals surface area (Å²) in [6.45, 7) is 9.53. The van der Waals surface area contributed by atoms with Crippen molar-refractivity contribution in [1.29, 1.82) is 0 Å². The van der Waals surface area contributed by atoms with E-state index in [4.69, 9.17) is 23.4 Å². The van der Waals surface area contributed by atoms with E-state index >= 15 is 0 Å². The van der Waals surface area contributed by atoms with E-state index in [9.17, 15) is 24.6 Å². The fourth-order valence-electron chi connectivity index (χ4n) is 14.1. The molecule has 0 radical (unpaired) electrons. The number of aliphatic hydroxyl groups is 2. The molecular weight excluding hydrogens is 668 g/mol. The van der Waals surface area contributed by atoms with Gasteiger partial charge in [-0.2, -0.15) is 0 Å². The minimum absolute atomic E-state index is 0.0235. The van der Waals surface area contributed by atoms with Crippen molar-refractivity contribution in [3.05, 3.63) is 35.8 Å². The van der Waals surface area contributed by atoms with Crippen molar-refractivity contribution in [1.82, 2.24) is 10.6 Å². The molecule has 9 aliphatic rings. The zero-order chi connectivity index (χ0) is 36.2. The Hall–Kier alpha value is -2.61. The third kappa shape index (κ3) is 4.07. The molecule has 16 unspecified atom stereocenters. The predicted octanol–water partition coefficient (Wildman–Crippen LogP) is 2.75. The zero-order valence-electron chi connectivity index (χ0n) is 30.5. The molecule has 8 fully saturated rings. The molecule has 12 nitrogen and oxygen atoms in total. The van der Waals surface area contributed by atoms with Crippen LogP contribution in [0, 0.1) is 51.8 Å². The third-order valence-corrected chi connectivity index (χ3v) is 16.2. The number of ether oxygens (including phenoxy) is 4. The van der Waals surface area contributed by atoms with E-state index < -0.39 is 69.9 Å². The number of allylic oxidation sites excluding steroid dienone is 1. The number of rotatable bonds is 4. The normalized spacial score (nSPS) is 52.7. The van der Waals surface area contributed by atoms with Crippen LogP contribution in [0.1, 0.15) is 83.6 Å². The summed E-state index contributed by atoms with van der Waals surface area (Å²) < 4.78 is 31.5. The number of epoxide rings is 1. The lowest BCUT2D eigenvalue weighted by molar-refractivity contribution is -0.252. The Morgan fingerprint density at radius 1 is 1.00 bits per heavy atom. The monoisotopic (exact) mass is 720 g/mol. The predicted molar refractivity (Wildman–Crippen MR) is 182 cm³/mol. The molecule has 0 aromatic carbocycles. The van der Waals surface area contributed by atoms with Crippen LogP contribution in [0.3, 0.4) is 0 Å². The van der Waals surface area contributed by atoms with E-state index in [2.05, 4.69) is 29.7 Å². The lowest BCUT2D eigenvalue weighted by atomic mass is 9.36. The summed E-state index contributed by atoms with van der Waals surface area (Å²) in [4.78, 5) is 41.2. The maximum Gasteiger partial charge on any atom is 0.339 e. The molecule has 6 heterocycles. The molecule has 5 aliphatic heterocycles. The molecule has 4 N–H and O–H groups in total. The van der Waals surface area contributed by atoms with Gasteiger partial charge in [0.15, 0.2) is 11.9 Å². The van der Waals surface area contributed by atoms with Crippen molar-refractivity contribution in [3.8, 4) is 0 Å². The number of hydrogen-bond donors (Lipinski definition) is 4. The maximum absolute atomic E-state index is 14.6. The molecule has 52 heavy (non-hydrogen) atoms. The van der Waals surface area contributed by atoms with Gasteiger partial charge in [-0.1, -0.05) is 26.0 Å². The highest BCUT2D eigenvalue weighted by molar-refractivity contribution is 5.92. The van der Waals surface area contributed by atoms with Crippen LogP contribution in [-0.2, 0) is 39.8 Å². The van der Waals surface area contributed by atoms with Crippen LogP contribution < -0.4 is 10.6 Å². The van der Waals surface area contributed by atoms with E-state index in [-0.39, 0.29) is 42.5 Å². The number of nitrogens with one attached hydrogen (secondary N) is 2. The van der Waals surface area contributed by atoms with E-state index in [1.165, 1.54) is 0 Å². The summed E-state index contributed by atoms with van der Waals surface area (Å²) in [5.41, 5.74) is -4.28. The fourth-order valence-corrected chi connectivity index (χ4v) is 14.1. The topological polar surface area (TPSA) is 169 Å². The minimum Gasteiger partial charge on any atom is -0.469 e. The SMILES string of the molecule is CC1(C)OC2CC(=O)OCC23C1C(=O)C(O)C1(C)C3CCC2(C)C(c3ccoc3CC3C(O)CCC4CC(C5CNCN5)C=CC43)OC(=O)C3OC321. The number of ketones is 1. The van der Waals surface area contributed by atoms with E-state index in [1.807, 2.05) is 26.8 Å². The molecule has 12 heteroatoms. The van der Waals surface area contributed by atoms with Gasteiger partial charge < -0.3 is 38.9 Å². The van der Waals surface area contributed by atoms with Crippen LogP contribution in [-0.4, -0.2) is 89.4 Å². The highest BCUT2D eigenvalue weighted by Gasteiger charge is 2.90. The molecule has 1 aromatic rings. The first-order chi connectivity index (χ1) is 24.8. The Kier molecular flexibility index (Phi) is 7.18. The lowest BCUT2D eigenvalue weighted by Gasteiger charge is -2.66. The van der Waals surface area contributed by atoms with Crippen LogP contribution in [0.25, 0.3) is 0 Å². The van der Waals surface area contributed by atoms with Gasteiger partial charge in [0.25, 0.3) is 0 Å². The molecule has 0 amide bonds.